The minimum Gasteiger partial charge on any atom is -0.490 e. The highest BCUT2D eigenvalue weighted by molar-refractivity contribution is 5.78. The topological polar surface area (TPSA) is 83.9 Å². The first-order valence-electron chi connectivity index (χ1n) is 11.5. The van der Waals surface area contributed by atoms with E-state index in [1.54, 1.807) is 6.20 Å². The molecule has 0 spiro atoms. The van der Waals surface area contributed by atoms with Crippen molar-refractivity contribution in [2.45, 2.75) is 52.1 Å². The summed E-state index contributed by atoms with van der Waals surface area (Å²) < 4.78 is 12.1. The second-order valence-corrected chi connectivity index (χ2v) is 8.71. The fraction of sp³-hybridized carbons (Fsp3) is 0.520. The van der Waals surface area contributed by atoms with Gasteiger partial charge < -0.3 is 19.9 Å². The van der Waals surface area contributed by atoms with Gasteiger partial charge in [-0.15, -0.1) is 0 Å². The molecule has 3 rings (SSSR count). The van der Waals surface area contributed by atoms with Gasteiger partial charge in [-0.05, 0) is 56.3 Å². The number of ether oxygens (including phenoxy) is 2. The SMILES string of the molecule is CC(C)C[C@@H](CO)NC(=O)CN1CCCCCOc2ccccc2Oc2ncccc2C1. The summed E-state index contributed by atoms with van der Waals surface area (Å²) in [5.74, 6) is 2.18. The number of benzene rings is 1. The van der Waals surface area contributed by atoms with E-state index in [1.807, 2.05) is 36.4 Å². The van der Waals surface area contributed by atoms with Crippen molar-refractivity contribution in [2.75, 3.05) is 26.3 Å². The number of fused-ring (bicyclic) bond motifs is 2. The van der Waals surface area contributed by atoms with Crippen LogP contribution in [0, 0.1) is 5.92 Å². The molecule has 2 aromatic rings. The van der Waals surface area contributed by atoms with Crippen LogP contribution in [0.2, 0.25) is 0 Å². The molecule has 2 N–H and O–H groups in total. The number of aliphatic hydroxyl groups excluding tert-OH is 1. The standard InChI is InChI=1S/C25H35N3O4/c1-19(2)15-21(18-29)27-24(30)17-28-13-6-3-7-14-31-22-10-4-5-11-23(22)32-25-20(16-28)9-8-12-26-25/h4-5,8-12,19,21,29H,3,6-7,13-18H2,1-2H3,(H,27,30)/t21-/m0/s1. The molecule has 1 aromatic heterocycles. The van der Waals surface area contributed by atoms with Crippen molar-refractivity contribution in [3.05, 3.63) is 48.2 Å². The Kier molecular flexibility index (Phi) is 9.31. The van der Waals surface area contributed by atoms with Crippen molar-refractivity contribution in [2.24, 2.45) is 5.92 Å². The van der Waals surface area contributed by atoms with Crippen LogP contribution < -0.4 is 14.8 Å². The zero-order valence-corrected chi connectivity index (χ0v) is 19.1. The summed E-state index contributed by atoms with van der Waals surface area (Å²) in [6.45, 7) is 6.32. The van der Waals surface area contributed by atoms with E-state index in [-0.39, 0.29) is 25.1 Å². The smallest absolute Gasteiger partial charge is 0.234 e. The summed E-state index contributed by atoms with van der Waals surface area (Å²) in [5.41, 5.74) is 0.912. The van der Waals surface area contributed by atoms with Gasteiger partial charge in [0.1, 0.15) is 0 Å². The predicted molar refractivity (Wildman–Crippen MR) is 124 cm³/mol. The lowest BCUT2D eigenvalue weighted by atomic mass is 10.0. The van der Waals surface area contributed by atoms with Crippen LogP contribution in [0.15, 0.2) is 42.6 Å². The Morgan fingerprint density at radius 1 is 1.16 bits per heavy atom. The lowest BCUT2D eigenvalue weighted by Crippen LogP contribution is -2.44. The van der Waals surface area contributed by atoms with E-state index in [2.05, 4.69) is 29.0 Å². The van der Waals surface area contributed by atoms with Crippen LogP contribution >= 0.6 is 0 Å². The number of carbonyl (C=O) groups is 1. The number of hydrogen-bond acceptors (Lipinski definition) is 6. The maximum Gasteiger partial charge on any atom is 0.234 e. The normalized spacial score (nSPS) is 16.2. The molecule has 174 valence electrons. The van der Waals surface area contributed by atoms with E-state index < -0.39 is 0 Å². The van der Waals surface area contributed by atoms with Gasteiger partial charge in [-0.1, -0.05) is 32.0 Å². The molecule has 1 aliphatic heterocycles. The lowest BCUT2D eigenvalue weighted by molar-refractivity contribution is -0.123. The van der Waals surface area contributed by atoms with Crippen LogP contribution in [0.25, 0.3) is 0 Å². The first kappa shape index (κ1) is 24.0. The number of amides is 1. The molecule has 1 aromatic carbocycles. The van der Waals surface area contributed by atoms with Crippen molar-refractivity contribution >= 4 is 5.91 Å². The number of hydrogen-bond donors (Lipinski definition) is 2. The van der Waals surface area contributed by atoms with Gasteiger partial charge in [0, 0.05) is 18.3 Å². The maximum absolute atomic E-state index is 12.7. The molecule has 1 aliphatic rings. The largest absolute Gasteiger partial charge is 0.490 e. The van der Waals surface area contributed by atoms with Crippen LogP contribution in [0.4, 0.5) is 0 Å². The second kappa shape index (κ2) is 12.4. The third-order valence-corrected chi connectivity index (χ3v) is 5.38. The molecule has 0 bridgehead atoms. The van der Waals surface area contributed by atoms with Gasteiger partial charge in [-0.3, -0.25) is 9.69 Å². The van der Waals surface area contributed by atoms with Crippen LogP contribution in [-0.2, 0) is 11.3 Å². The highest BCUT2D eigenvalue weighted by Gasteiger charge is 2.19. The average molecular weight is 442 g/mol. The summed E-state index contributed by atoms with van der Waals surface area (Å²) in [5, 5.41) is 12.6. The minimum atomic E-state index is -0.218. The van der Waals surface area contributed by atoms with Crippen molar-refractivity contribution < 1.29 is 19.4 Å². The average Bonchev–Trinajstić information content (AvgIpc) is 2.78. The number of aromatic nitrogens is 1. The Hall–Kier alpha value is -2.64. The van der Waals surface area contributed by atoms with E-state index in [4.69, 9.17) is 9.47 Å². The molecule has 32 heavy (non-hydrogen) atoms. The number of rotatable bonds is 6. The Labute approximate surface area is 190 Å². The summed E-state index contributed by atoms with van der Waals surface area (Å²) in [6.07, 6.45) is 5.36. The van der Waals surface area contributed by atoms with E-state index in [9.17, 15) is 9.90 Å². The Morgan fingerprint density at radius 2 is 1.97 bits per heavy atom. The van der Waals surface area contributed by atoms with Crippen LogP contribution in [0.1, 0.15) is 45.1 Å². The van der Waals surface area contributed by atoms with Gasteiger partial charge in [-0.2, -0.15) is 0 Å². The van der Waals surface area contributed by atoms with E-state index in [0.29, 0.717) is 36.4 Å². The second-order valence-electron chi connectivity index (χ2n) is 8.71. The van der Waals surface area contributed by atoms with Gasteiger partial charge in [0.05, 0.1) is 25.8 Å². The van der Waals surface area contributed by atoms with Crippen molar-refractivity contribution in [1.29, 1.82) is 0 Å². The Morgan fingerprint density at radius 3 is 2.75 bits per heavy atom. The fourth-order valence-corrected chi connectivity index (χ4v) is 3.87. The first-order valence-corrected chi connectivity index (χ1v) is 11.5. The van der Waals surface area contributed by atoms with Gasteiger partial charge in [-0.25, -0.2) is 4.98 Å². The van der Waals surface area contributed by atoms with Crippen molar-refractivity contribution in [3.63, 3.8) is 0 Å². The molecule has 7 heteroatoms. The maximum atomic E-state index is 12.7. The molecule has 0 unspecified atom stereocenters. The van der Waals surface area contributed by atoms with E-state index in [1.165, 1.54) is 0 Å². The molecule has 0 saturated carbocycles. The van der Waals surface area contributed by atoms with Gasteiger partial charge >= 0.3 is 0 Å². The van der Waals surface area contributed by atoms with Crippen LogP contribution in [0.3, 0.4) is 0 Å². The van der Waals surface area contributed by atoms with Gasteiger partial charge in [0.2, 0.25) is 11.8 Å². The zero-order valence-electron chi connectivity index (χ0n) is 19.1. The third-order valence-electron chi connectivity index (χ3n) is 5.38. The molecule has 0 radical (unpaired) electrons. The number of pyridine rings is 1. The van der Waals surface area contributed by atoms with Crippen LogP contribution in [-0.4, -0.2) is 53.2 Å². The van der Waals surface area contributed by atoms with Gasteiger partial charge in [0.15, 0.2) is 11.5 Å². The van der Waals surface area contributed by atoms with Crippen LogP contribution in [0.5, 0.6) is 17.4 Å². The highest BCUT2D eigenvalue weighted by Crippen LogP contribution is 2.32. The minimum absolute atomic E-state index is 0.0517. The van der Waals surface area contributed by atoms with E-state index >= 15 is 0 Å². The molecule has 0 fully saturated rings. The fourth-order valence-electron chi connectivity index (χ4n) is 3.87. The summed E-state index contributed by atoms with van der Waals surface area (Å²) in [4.78, 5) is 19.3. The zero-order chi connectivity index (χ0) is 22.8. The molecular formula is C25H35N3O4. The number of para-hydroxylation sites is 2. The molecule has 0 aliphatic carbocycles. The molecule has 7 nitrogen and oxygen atoms in total. The lowest BCUT2D eigenvalue weighted by Gasteiger charge is -2.24. The molecular weight excluding hydrogens is 406 g/mol. The van der Waals surface area contributed by atoms with Gasteiger partial charge in [0.25, 0.3) is 0 Å². The molecule has 1 atom stereocenters. The molecule has 1 amide bonds. The highest BCUT2D eigenvalue weighted by atomic mass is 16.5. The summed E-state index contributed by atoms with van der Waals surface area (Å²) in [6, 6.07) is 11.3. The molecule has 2 heterocycles. The Bertz CT molecular complexity index is 859. The van der Waals surface area contributed by atoms with E-state index in [0.717, 1.165) is 37.8 Å². The summed E-state index contributed by atoms with van der Waals surface area (Å²) in [7, 11) is 0. The third kappa shape index (κ3) is 7.50. The first-order chi connectivity index (χ1) is 15.5. The summed E-state index contributed by atoms with van der Waals surface area (Å²) >= 11 is 0. The predicted octanol–water partition coefficient (Wildman–Crippen LogP) is 3.76. The van der Waals surface area contributed by atoms with Crippen molar-refractivity contribution in [3.8, 4) is 17.4 Å². The van der Waals surface area contributed by atoms with Crippen molar-refractivity contribution in [1.82, 2.24) is 15.2 Å². The molecule has 0 saturated heterocycles. The number of aliphatic hydroxyl groups is 1. The number of nitrogens with zero attached hydrogens (tertiary/aromatic N) is 2. The number of carbonyl (C=O) groups excluding carboxylic acids is 1. The monoisotopic (exact) mass is 441 g/mol. The quantitative estimate of drug-likeness (QED) is 0.710. The number of nitrogens with one attached hydrogen (secondary N) is 1. The Balaban J connectivity index is 1.75.